The number of imidazole rings is 1. The first-order chi connectivity index (χ1) is 32.9. The number of hydrogen-bond donors (Lipinski definition) is 1. The number of aromatic nitrogens is 3. The average molecular weight is 816 g/mol. The van der Waals surface area contributed by atoms with Crippen LogP contribution in [0.3, 0.4) is 0 Å². The van der Waals surface area contributed by atoms with Gasteiger partial charge in [-0.15, -0.1) is 0 Å². The van der Waals surface area contributed by atoms with Crippen molar-refractivity contribution in [3.8, 4) is 78.6 Å². The van der Waals surface area contributed by atoms with E-state index >= 15 is 0 Å². The molecule has 7 aromatic carbocycles. The number of pyridine rings is 1. The van der Waals surface area contributed by atoms with Crippen LogP contribution in [0.5, 0.6) is 5.75 Å². The van der Waals surface area contributed by atoms with Crippen molar-refractivity contribution in [3.05, 3.63) is 191 Å². The molecule has 0 saturated heterocycles. The van der Waals surface area contributed by atoms with Gasteiger partial charge in [0.2, 0.25) is 0 Å². The molecule has 2 heterocycles. The maximum atomic E-state index is 11.8. The van der Waals surface area contributed by atoms with E-state index in [1.54, 1.807) is 58.2 Å². The van der Waals surface area contributed by atoms with Crippen LogP contribution in [0.1, 0.15) is 83.8 Å². The molecule has 1 N–H and O–H groups in total. The van der Waals surface area contributed by atoms with Gasteiger partial charge in [0.25, 0.3) is 0 Å². The Labute approximate surface area is 377 Å². The highest BCUT2D eigenvalue weighted by molar-refractivity contribution is 5.98. The van der Waals surface area contributed by atoms with Crippen molar-refractivity contribution in [2.75, 3.05) is 0 Å². The minimum absolute atomic E-state index is 0.0310. The number of rotatable bonds is 9. The van der Waals surface area contributed by atoms with Crippen LogP contribution in [0.4, 0.5) is 0 Å². The van der Waals surface area contributed by atoms with E-state index in [9.17, 15) is 5.11 Å². The quantitative estimate of drug-likeness (QED) is 0.158. The van der Waals surface area contributed by atoms with Gasteiger partial charge in [-0.3, -0.25) is 9.55 Å². The summed E-state index contributed by atoms with van der Waals surface area (Å²) >= 11 is 0. The third-order valence-corrected chi connectivity index (χ3v) is 11.7. The van der Waals surface area contributed by atoms with Crippen molar-refractivity contribution in [2.45, 2.75) is 67.0 Å². The zero-order valence-corrected chi connectivity index (χ0v) is 35.8. The molecule has 0 unspecified atom stereocenters. The molecule has 0 bridgehead atoms. The Morgan fingerprint density at radius 3 is 1.94 bits per heavy atom. The Morgan fingerprint density at radius 2 is 1.21 bits per heavy atom. The van der Waals surface area contributed by atoms with Crippen LogP contribution in [-0.4, -0.2) is 19.6 Å². The van der Waals surface area contributed by atoms with Gasteiger partial charge in [-0.1, -0.05) is 130 Å². The van der Waals surface area contributed by atoms with E-state index in [0.29, 0.717) is 61.6 Å². The lowest BCUT2D eigenvalue weighted by Gasteiger charge is -2.17. The van der Waals surface area contributed by atoms with Crippen LogP contribution < -0.4 is 0 Å². The highest BCUT2D eigenvalue weighted by atomic mass is 16.3. The minimum Gasteiger partial charge on any atom is -0.507 e. The predicted molar refractivity (Wildman–Crippen MR) is 260 cm³/mol. The molecule has 9 aromatic rings. The van der Waals surface area contributed by atoms with Gasteiger partial charge in [0, 0.05) is 28.3 Å². The first-order valence-electron chi connectivity index (χ1n) is 24.9. The Bertz CT molecular complexity index is 3420. The second-order valence-electron chi connectivity index (χ2n) is 16.6. The van der Waals surface area contributed by atoms with E-state index in [0.717, 1.165) is 44.5 Å². The SMILES string of the molecule is [2H]C([2H])([2H])c1ccc(-c2ccnc(-c3cc(-c4ccccc4)cc(-c4cccc5c4nc(-c4cc(C)cc(C)c4O)n5-c4ccc(-c5cc(C([2H])(C)C)cc(C([2H])(C)C)c5)cc4C([2H])([2H])[2H])c3)c2)cc1. The number of phenolic OH excluding ortho intramolecular Hbond substituents is 1. The second kappa shape index (κ2) is 16.4. The molecule has 0 aliphatic carbocycles. The fourth-order valence-electron chi connectivity index (χ4n) is 8.33. The third kappa shape index (κ3) is 7.74. The van der Waals surface area contributed by atoms with E-state index in [-0.39, 0.29) is 16.9 Å². The first kappa shape index (κ1) is 31.8. The van der Waals surface area contributed by atoms with Gasteiger partial charge in [0.05, 0.1) is 28.0 Å². The molecule has 0 radical (unpaired) electrons. The Hall–Kier alpha value is -7.04. The molecule has 0 atom stereocenters. The molecule has 0 saturated carbocycles. The Kier molecular flexibility index (Phi) is 8.42. The number of aromatic hydroxyl groups is 1. The Morgan fingerprint density at radius 1 is 0.532 bits per heavy atom. The number of benzene rings is 7. The van der Waals surface area contributed by atoms with Crippen LogP contribution in [0, 0.1) is 27.6 Å². The van der Waals surface area contributed by atoms with Crippen molar-refractivity contribution >= 4 is 11.0 Å². The lowest BCUT2D eigenvalue weighted by Crippen LogP contribution is -2.01. The van der Waals surface area contributed by atoms with Gasteiger partial charge < -0.3 is 5.11 Å². The van der Waals surface area contributed by atoms with Crippen molar-refractivity contribution < 1.29 is 16.1 Å². The zero-order valence-electron chi connectivity index (χ0n) is 43.8. The molecular formula is C58H53N3O. The summed E-state index contributed by atoms with van der Waals surface area (Å²) in [7, 11) is 0. The molecular weight excluding hydrogens is 755 g/mol. The molecule has 2 aromatic heterocycles. The smallest absolute Gasteiger partial charge is 0.149 e. The molecule has 306 valence electrons. The molecule has 0 amide bonds. The highest BCUT2D eigenvalue weighted by Gasteiger charge is 2.23. The number of fused-ring (bicyclic) bond motifs is 1. The van der Waals surface area contributed by atoms with E-state index in [1.807, 2.05) is 128 Å². The number of phenols is 1. The number of hydrogen-bond acceptors (Lipinski definition) is 3. The average Bonchev–Trinajstić information content (AvgIpc) is 3.71. The summed E-state index contributed by atoms with van der Waals surface area (Å²) in [5, 5.41) is 11.8. The van der Waals surface area contributed by atoms with Crippen LogP contribution in [0.15, 0.2) is 158 Å². The minimum atomic E-state index is -2.61. The fourth-order valence-corrected chi connectivity index (χ4v) is 8.33. The van der Waals surface area contributed by atoms with E-state index in [1.165, 1.54) is 0 Å². The first-order valence-corrected chi connectivity index (χ1v) is 20.9. The Balaban J connectivity index is 1.28. The maximum absolute atomic E-state index is 11.8. The predicted octanol–water partition coefficient (Wildman–Crippen LogP) is 15.6. The van der Waals surface area contributed by atoms with Gasteiger partial charge in [0.15, 0.2) is 0 Å². The summed E-state index contributed by atoms with van der Waals surface area (Å²) in [5.41, 5.74) is 13.4. The van der Waals surface area contributed by atoms with Crippen LogP contribution >= 0.6 is 0 Å². The van der Waals surface area contributed by atoms with Crippen molar-refractivity contribution in [2.24, 2.45) is 0 Å². The van der Waals surface area contributed by atoms with Gasteiger partial charge in [-0.05, 0) is 161 Å². The highest BCUT2D eigenvalue weighted by Crippen LogP contribution is 2.42. The molecule has 62 heavy (non-hydrogen) atoms. The van der Waals surface area contributed by atoms with E-state index in [2.05, 4.69) is 18.2 Å². The maximum Gasteiger partial charge on any atom is 0.149 e. The summed E-state index contributed by atoms with van der Waals surface area (Å²) in [4.78, 5) is 10.2. The molecule has 0 aliphatic rings. The zero-order chi connectivity index (χ0) is 50.1. The van der Waals surface area contributed by atoms with Gasteiger partial charge in [-0.2, -0.15) is 0 Å². The lowest BCUT2D eigenvalue weighted by atomic mass is 9.90. The molecule has 9 rings (SSSR count). The summed E-state index contributed by atoms with van der Waals surface area (Å²) in [5.74, 6) is -1.56. The topological polar surface area (TPSA) is 50.9 Å². The summed E-state index contributed by atoms with van der Waals surface area (Å²) in [6.07, 6.45) is 1.75. The monoisotopic (exact) mass is 815 g/mol. The van der Waals surface area contributed by atoms with Crippen LogP contribution in [0.2, 0.25) is 0 Å². The third-order valence-electron chi connectivity index (χ3n) is 11.7. The van der Waals surface area contributed by atoms with Crippen LogP contribution in [0.25, 0.3) is 83.9 Å². The lowest BCUT2D eigenvalue weighted by molar-refractivity contribution is 0.472. The van der Waals surface area contributed by atoms with Crippen molar-refractivity contribution in [1.82, 2.24) is 14.5 Å². The van der Waals surface area contributed by atoms with Crippen LogP contribution in [-0.2, 0) is 0 Å². The second-order valence-corrected chi connectivity index (χ2v) is 16.6. The molecule has 4 heteroatoms. The van der Waals surface area contributed by atoms with Crippen molar-refractivity contribution in [1.29, 1.82) is 0 Å². The van der Waals surface area contributed by atoms with Gasteiger partial charge in [0.1, 0.15) is 11.6 Å². The van der Waals surface area contributed by atoms with Gasteiger partial charge in [-0.25, -0.2) is 4.98 Å². The molecule has 0 spiro atoms. The molecule has 4 nitrogen and oxygen atoms in total. The number of nitrogens with zero attached hydrogens (tertiary/aromatic N) is 3. The molecule has 0 aliphatic heterocycles. The normalized spacial score (nSPS) is 14.2. The fraction of sp³-hybridized carbons (Fsp3) is 0.172. The largest absolute Gasteiger partial charge is 0.507 e. The number of para-hydroxylation sites is 1. The van der Waals surface area contributed by atoms with Gasteiger partial charge >= 0.3 is 0 Å². The summed E-state index contributed by atoms with van der Waals surface area (Å²) in [6.45, 7) is 6.15. The number of aryl methyl sites for hydroxylation is 4. The standard InChI is InChI=1S/C58H53N3O/c1-35(2)45-28-46(36(3)4)30-48(29-45)43-21-22-54(39(7)27-43)61-55-16-12-15-51(56(55)60-58(61)52-26-38(6)25-40(8)57(52)62)49-31-47(41-13-10-9-11-14-41)32-50(33-49)53-34-44(23-24-59-53)42-19-17-37(5)18-20-42/h9-36,62H,1-8H3/i5D3,7D3,35D,36D. The molecule has 0 fully saturated rings. The summed E-state index contributed by atoms with van der Waals surface area (Å²) < 4.78 is 70.2. The van der Waals surface area contributed by atoms with Crippen molar-refractivity contribution in [3.63, 3.8) is 0 Å². The summed E-state index contributed by atoms with van der Waals surface area (Å²) in [6, 6.07) is 47.8. The van der Waals surface area contributed by atoms with E-state index in [4.69, 9.17) is 20.9 Å². The van der Waals surface area contributed by atoms with E-state index < -0.39 is 25.5 Å².